The zero-order valence-electron chi connectivity index (χ0n) is 22.6. The molecule has 0 amide bonds. The Morgan fingerprint density at radius 1 is 0.698 bits per heavy atom. The molecule has 1 saturated heterocycles. The molecule has 0 radical (unpaired) electrons. The van der Waals surface area contributed by atoms with Crippen LogP contribution < -0.4 is 15.2 Å². The van der Waals surface area contributed by atoms with E-state index in [4.69, 9.17) is 16.7 Å². The van der Waals surface area contributed by atoms with Crippen LogP contribution in [-0.4, -0.2) is 47.9 Å². The van der Waals surface area contributed by atoms with Crippen molar-refractivity contribution in [3.8, 4) is 11.1 Å². The molecule has 1 heterocycles. The molecule has 4 aromatic carbocycles. The van der Waals surface area contributed by atoms with E-state index in [0.717, 1.165) is 50.4 Å². The Kier molecular flexibility index (Phi) is 10.2. The van der Waals surface area contributed by atoms with Crippen molar-refractivity contribution < 1.29 is 30.0 Å². The molecule has 4 aromatic rings. The van der Waals surface area contributed by atoms with Crippen molar-refractivity contribution >= 4 is 37.3 Å². The minimum atomic E-state index is -4.09. The average Bonchev–Trinajstić information content (AvgIpc) is 2.93. The van der Waals surface area contributed by atoms with E-state index in [-0.39, 0.29) is 0 Å². The Hall–Kier alpha value is -3.46. The van der Waals surface area contributed by atoms with Gasteiger partial charge in [-0.1, -0.05) is 48.0 Å². The van der Waals surface area contributed by atoms with Gasteiger partial charge in [-0.2, -0.15) is 0 Å². The van der Waals surface area contributed by atoms with Crippen LogP contribution in [0.4, 0.5) is 18.9 Å². The molecule has 5 rings (SSSR count). The summed E-state index contributed by atoms with van der Waals surface area (Å²) in [6.45, 7) is 3.88. The number of halogens is 4. The molecule has 228 valence electrons. The molecule has 0 atom stereocenters. The van der Waals surface area contributed by atoms with E-state index in [2.05, 4.69) is 27.1 Å². The summed E-state index contributed by atoms with van der Waals surface area (Å²) in [5.74, 6) is -2.85. The van der Waals surface area contributed by atoms with Crippen molar-refractivity contribution in [2.75, 3.05) is 31.1 Å². The molecule has 1 aliphatic rings. The highest BCUT2D eigenvalue weighted by Gasteiger charge is 2.21. The first-order valence-corrected chi connectivity index (χ1v) is 16.3. The van der Waals surface area contributed by atoms with Crippen LogP contribution in [0.25, 0.3) is 11.1 Å². The van der Waals surface area contributed by atoms with Gasteiger partial charge in [0.2, 0.25) is 20.0 Å². The normalized spacial score (nSPS) is 14.2. The zero-order chi connectivity index (χ0) is 31.4. The minimum absolute atomic E-state index is 0.458. The van der Waals surface area contributed by atoms with Gasteiger partial charge in [0.1, 0.15) is 27.2 Å². The number of rotatable bonds is 6. The summed E-state index contributed by atoms with van der Waals surface area (Å²) in [6, 6.07) is 22.3. The molecule has 4 N–H and O–H groups in total. The molecule has 1 aliphatic heterocycles. The highest BCUT2D eigenvalue weighted by molar-refractivity contribution is 7.89. The third kappa shape index (κ3) is 8.56. The largest absolute Gasteiger partial charge is 0.369 e. The maximum Gasteiger partial charge on any atom is 0.240 e. The summed E-state index contributed by atoms with van der Waals surface area (Å²) < 4.78 is 83.1. The van der Waals surface area contributed by atoms with Crippen molar-refractivity contribution in [2.45, 2.75) is 16.3 Å². The second-order valence-electron chi connectivity index (χ2n) is 9.71. The number of sulfonamides is 2. The fourth-order valence-corrected chi connectivity index (χ4v) is 5.90. The maximum atomic E-state index is 14.2. The van der Waals surface area contributed by atoms with Crippen molar-refractivity contribution in [1.82, 2.24) is 4.90 Å². The van der Waals surface area contributed by atoms with Crippen LogP contribution in [0.3, 0.4) is 0 Å². The number of benzene rings is 4. The van der Waals surface area contributed by atoms with Crippen molar-refractivity contribution in [2.24, 2.45) is 10.3 Å². The van der Waals surface area contributed by atoms with E-state index >= 15 is 0 Å². The number of hydrogen-bond acceptors (Lipinski definition) is 6. The van der Waals surface area contributed by atoms with Gasteiger partial charge < -0.3 is 4.90 Å². The van der Waals surface area contributed by atoms with Crippen molar-refractivity contribution in [1.29, 1.82) is 0 Å². The van der Waals surface area contributed by atoms with Crippen molar-refractivity contribution in [3.63, 3.8) is 0 Å². The molecular formula is C29H28ClF3N4O4S2. The fraction of sp³-hybridized carbons (Fsp3) is 0.172. The number of primary sulfonamides is 2. The van der Waals surface area contributed by atoms with Gasteiger partial charge in [0.05, 0.1) is 0 Å². The Bertz CT molecular complexity index is 1820. The van der Waals surface area contributed by atoms with Crippen LogP contribution in [0.5, 0.6) is 0 Å². The number of nitrogens with zero attached hydrogens (tertiary/aromatic N) is 2. The van der Waals surface area contributed by atoms with Crippen LogP contribution in [-0.2, 0) is 26.6 Å². The third-order valence-electron chi connectivity index (χ3n) is 6.73. The molecule has 14 heteroatoms. The molecule has 0 unspecified atom stereocenters. The second kappa shape index (κ2) is 13.5. The molecule has 0 saturated carbocycles. The van der Waals surface area contributed by atoms with Gasteiger partial charge in [-0.05, 0) is 59.2 Å². The Labute approximate surface area is 253 Å². The smallest absolute Gasteiger partial charge is 0.240 e. The summed E-state index contributed by atoms with van der Waals surface area (Å²) in [6.07, 6.45) is 0. The van der Waals surface area contributed by atoms with Gasteiger partial charge >= 0.3 is 0 Å². The molecule has 0 aliphatic carbocycles. The minimum Gasteiger partial charge on any atom is -0.369 e. The first-order chi connectivity index (χ1) is 20.2. The molecular weight excluding hydrogens is 625 g/mol. The molecule has 8 nitrogen and oxygen atoms in total. The van der Waals surface area contributed by atoms with Crippen LogP contribution in [0.2, 0.25) is 5.02 Å². The lowest BCUT2D eigenvalue weighted by Crippen LogP contribution is -2.46. The van der Waals surface area contributed by atoms with E-state index < -0.39 is 47.3 Å². The van der Waals surface area contributed by atoms with E-state index in [9.17, 15) is 30.0 Å². The number of anilines is 1. The topological polar surface area (TPSA) is 127 Å². The SMILES string of the molecule is NS(=O)(=O)c1ccc(F)cc1F.NS(=O)(=O)c1ccc(N2CCN(Cc3ccccc3-c3ccc(Cl)cc3)CC2)cc1F. The predicted molar refractivity (Wildman–Crippen MR) is 160 cm³/mol. The molecule has 0 spiro atoms. The highest BCUT2D eigenvalue weighted by atomic mass is 35.5. The molecule has 0 bridgehead atoms. The van der Waals surface area contributed by atoms with Gasteiger partial charge in [-0.25, -0.2) is 40.3 Å². The number of nitrogens with two attached hydrogens (primary N) is 2. The number of piperazine rings is 1. The van der Waals surface area contributed by atoms with Gasteiger partial charge in [-0.15, -0.1) is 0 Å². The predicted octanol–water partition coefficient (Wildman–Crippen LogP) is 4.73. The fourth-order valence-electron chi connectivity index (χ4n) is 4.60. The van der Waals surface area contributed by atoms with Crippen LogP contribution >= 0.6 is 11.6 Å². The van der Waals surface area contributed by atoms with Gasteiger partial charge in [0.25, 0.3) is 0 Å². The van der Waals surface area contributed by atoms with E-state index in [0.29, 0.717) is 16.8 Å². The molecule has 0 aromatic heterocycles. The second-order valence-corrected chi connectivity index (χ2v) is 13.2. The Morgan fingerprint density at radius 3 is 1.81 bits per heavy atom. The number of hydrogen-bond donors (Lipinski definition) is 2. The molecule has 1 fully saturated rings. The summed E-state index contributed by atoms with van der Waals surface area (Å²) >= 11 is 6.03. The maximum absolute atomic E-state index is 14.2. The first-order valence-electron chi connectivity index (χ1n) is 12.8. The lowest BCUT2D eigenvalue weighted by Gasteiger charge is -2.36. The quantitative estimate of drug-likeness (QED) is 0.310. The van der Waals surface area contributed by atoms with Crippen molar-refractivity contribution in [3.05, 3.63) is 113 Å². The summed E-state index contributed by atoms with van der Waals surface area (Å²) in [5, 5.41) is 10.4. The molecule has 43 heavy (non-hydrogen) atoms. The van der Waals surface area contributed by atoms with E-state index in [1.807, 2.05) is 36.4 Å². The Balaban J connectivity index is 0.000000296. The monoisotopic (exact) mass is 652 g/mol. The van der Waals surface area contributed by atoms with Crippen LogP contribution in [0.1, 0.15) is 5.56 Å². The van der Waals surface area contributed by atoms with Gasteiger partial charge in [0, 0.05) is 49.5 Å². The van der Waals surface area contributed by atoms with Crippen LogP contribution in [0.15, 0.2) is 94.7 Å². The standard InChI is InChI=1S/C23H23ClFN3O2S.C6H5F2NO2S/c24-19-7-5-17(6-8-19)21-4-2-1-3-18(21)16-27-11-13-28(14-12-27)20-9-10-23(22(25)15-20)31(26,29)30;7-4-1-2-6(5(8)3-4)12(9,10)11/h1-10,15H,11-14,16H2,(H2,26,29,30);1-3H,(H2,9,10,11). The van der Waals surface area contributed by atoms with Gasteiger partial charge in [0.15, 0.2) is 0 Å². The van der Waals surface area contributed by atoms with Crippen LogP contribution in [0, 0.1) is 17.5 Å². The zero-order valence-corrected chi connectivity index (χ0v) is 25.0. The lowest BCUT2D eigenvalue weighted by molar-refractivity contribution is 0.250. The summed E-state index contributed by atoms with van der Waals surface area (Å²) in [5.41, 5.74) is 4.21. The third-order valence-corrected chi connectivity index (χ3v) is 8.87. The summed E-state index contributed by atoms with van der Waals surface area (Å²) in [4.78, 5) is 3.23. The first kappa shape index (κ1) is 32.5. The van der Waals surface area contributed by atoms with E-state index in [1.165, 1.54) is 23.3 Å². The highest BCUT2D eigenvalue weighted by Crippen LogP contribution is 2.27. The summed E-state index contributed by atoms with van der Waals surface area (Å²) in [7, 11) is -8.15. The average molecular weight is 653 g/mol. The van der Waals surface area contributed by atoms with E-state index in [1.54, 1.807) is 6.07 Å². The Morgan fingerprint density at radius 2 is 1.26 bits per heavy atom. The van der Waals surface area contributed by atoms with Gasteiger partial charge in [-0.3, -0.25) is 4.90 Å². The lowest BCUT2D eigenvalue weighted by atomic mass is 9.99.